The van der Waals surface area contributed by atoms with Crippen LogP contribution in [0.15, 0.2) is 0 Å². The minimum absolute atomic E-state index is 0. The van der Waals surface area contributed by atoms with Crippen LogP contribution in [0.25, 0.3) is 0 Å². The zero-order valence-electron chi connectivity index (χ0n) is 6.71. The second-order valence-corrected chi connectivity index (χ2v) is 3.38. The van der Waals surface area contributed by atoms with Crippen molar-refractivity contribution in [2.24, 2.45) is 17.8 Å². The van der Waals surface area contributed by atoms with Gasteiger partial charge >= 0.3 is 0 Å². The van der Waals surface area contributed by atoms with Crippen LogP contribution >= 0.6 is 0 Å². The molecule has 1 aliphatic rings. The number of hydrogen-bond donors (Lipinski definition) is 0. The summed E-state index contributed by atoms with van der Waals surface area (Å²) in [5, 5.41) is 0. The minimum Gasteiger partial charge on any atom is -0.340 e. The third-order valence-corrected chi connectivity index (χ3v) is 2.82. The molecule has 56 valence electrons. The second-order valence-electron chi connectivity index (χ2n) is 3.38. The zero-order valence-corrected chi connectivity index (χ0v) is 9.64. The van der Waals surface area contributed by atoms with Gasteiger partial charge in [-0.05, 0) is 5.92 Å². The van der Waals surface area contributed by atoms with E-state index in [2.05, 4.69) is 20.8 Å². The van der Waals surface area contributed by atoms with Crippen molar-refractivity contribution in [2.45, 2.75) is 26.1 Å². The molecule has 0 aliphatic heterocycles. The summed E-state index contributed by atoms with van der Waals surface area (Å²) in [6.45, 7) is 8.51. The van der Waals surface area contributed by atoms with E-state index in [1.807, 2.05) is 0 Å². The maximum absolute atomic E-state index is 5.82. The van der Waals surface area contributed by atoms with Crippen molar-refractivity contribution in [1.29, 1.82) is 0 Å². The van der Waals surface area contributed by atoms with E-state index in [0.29, 0.717) is 17.7 Å². The predicted molar refractivity (Wildman–Crippen MR) is 41.3 cm³/mol. The van der Waals surface area contributed by atoms with Gasteiger partial charge in [0.25, 0.3) is 0 Å². The van der Waals surface area contributed by atoms with Crippen molar-refractivity contribution in [2.75, 3.05) is 0 Å². The molecule has 0 amide bonds. The van der Waals surface area contributed by atoms with E-state index >= 15 is 0 Å². The SMILES string of the molecule is [B]C1CC([CH2-])[C@H](C)C1C.[W]. The Balaban J connectivity index is 0.000000810. The smallest absolute Gasteiger partial charge is 0.0702 e. The van der Waals surface area contributed by atoms with E-state index in [9.17, 15) is 0 Å². The molecule has 0 aromatic rings. The summed E-state index contributed by atoms with van der Waals surface area (Å²) in [6.07, 6.45) is 1.11. The van der Waals surface area contributed by atoms with E-state index in [-0.39, 0.29) is 21.1 Å². The molecule has 0 aromatic heterocycles. The standard InChI is InChI=1S/C8H14B.W/c1-5-4-8(9)7(3)6(5)2;/h5-8H,1,4H2,2-3H3;/q-1;/t5?,6-,7?,8?;/m0./s1. The summed E-state index contributed by atoms with van der Waals surface area (Å²) in [6, 6.07) is 0. The van der Waals surface area contributed by atoms with Crippen molar-refractivity contribution in [3.63, 3.8) is 0 Å². The van der Waals surface area contributed by atoms with Crippen LogP contribution in [0.5, 0.6) is 0 Å². The van der Waals surface area contributed by atoms with Gasteiger partial charge in [0.15, 0.2) is 0 Å². The van der Waals surface area contributed by atoms with Crippen LogP contribution in [0.2, 0.25) is 5.82 Å². The van der Waals surface area contributed by atoms with E-state index in [1.165, 1.54) is 0 Å². The van der Waals surface area contributed by atoms with E-state index in [0.717, 1.165) is 12.3 Å². The maximum atomic E-state index is 5.82. The molecular weight excluding hydrogens is 291 g/mol. The van der Waals surface area contributed by atoms with Crippen LogP contribution in [0.4, 0.5) is 0 Å². The first-order valence-corrected chi connectivity index (χ1v) is 3.71. The van der Waals surface area contributed by atoms with Gasteiger partial charge in [-0.2, -0.15) is 5.92 Å². The second kappa shape index (κ2) is 3.95. The van der Waals surface area contributed by atoms with Gasteiger partial charge in [0, 0.05) is 21.1 Å². The first kappa shape index (κ1) is 10.8. The van der Waals surface area contributed by atoms with Crippen molar-refractivity contribution < 1.29 is 21.1 Å². The van der Waals surface area contributed by atoms with Crippen LogP contribution in [0.3, 0.4) is 0 Å². The molecule has 1 aliphatic carbocycles. The molecule has 0 bridgehead atoms. The fourth-order valence-corrected chi connectivity index (χ4v) is 1.60. The molecular formula is C8H14BW-. The Morgan fingerprint density at radius 3 is 1.90 bits per heavy atom. The number of hydrogen-bond acceptors (Lipinski definition) is 0. The molecule has 3 unspecified atom stereocenters. The Morgan fingerprint density at radius 2 is 1.80 bits per heavy atom. The predicted octanol–water partition coefficient (Wildman–Crippen LogP) is 2.07. The van der Waals surface area contributed by atoms with Crippen molar-refractivity contribution in [3.05, 3.63) is 6.92 Å². The normalized spacial score (nSPS) is 46.7. The maximum Gasteiger partial charge on any atom is 0.0702 e. The van der Waals surface area contributed by atoms with Crippen LogP contribution < -0.4 is 0 Å². The van der Waals surface area contributed by atoms with Gasteiger partial charge in [0.2, 0.25) is 0 Å². The fraction of sp³-hybridized carbons (Fsp3) is 0.875. The molecule has 1 fully saturated rings. The average molecular weight is 305 g/mol. The Kier molecular flexibility index (Phi) is 4.25. The molecule has 1 saturated carbocycles. The third kappa shape index (κ3) is 1.87. The Hall–Kier alpha value is 0.753. The summed E-state index contributed by atoms with van der Waals surface area (Å²) in [7, 11) is 5.82. The Morgan fingerprint density at radius 1 is 1.30 bits per heavy atom. The molecule has 0 saturated heterocycles. The molecule has 0 aromatic carbocycles. The van der Waals surface area contributed by atoms with Crippen LogP contribution in [0, 0.1) is 24.7 Å². The van der Waals surface area contributed by atoms with Crippen LogP contribution in [0.1, 0.15) is 20.3 Å². The first-order chi connectivity index (χ1) is 4.13. The molecule has 2 radical (unpaired) electrons. The van der Waals surface area contributed by atoms with Gasteiger partial charge in [-0.1, -0.05) is 32.0 Å². The molecule has 0 heterocycles. The van der Waals surface area contributed by atoms with Gasteiger partial charge in [0.05, 0.1) is 7.85 Å². The van der Waals surface area contributed by atoms with Crippen molar-refractivity contribution in [1.82, 2.24) is 0 Å². The quantitative estimate of drug-likeness (QED) is 0.475. The van der Waals surface area contributed by atoms with Crippen molar-refractivity contribution in [3.8, 4) is 0 Å². The van der Waals surface area contributed by atoms with E-state index < -0.39 is 0 Å². The van der Waals surface area contributed by atoms with Gasteiger partial charge < -0.3 is 6.92 Å². The third-order valence-electron chi connectivity index (χ3n) is 2.82. The molecule has 0 nitrogen and oxygen atoms in total. The van der Waals surface area contributed by atoms with Crippen molar-refractivity contribution >= 4 is 7.85 Å². The summed E-state index contributed by atoms with van der Waals surface area (Å²) in [4.78, 5) is 0. The largest absolute Gasteiger partial charge is 0.340 e. The molecule has 0 spiro atoms. The minimum atomic E-state index is 0. The van der Waals surface area contributed by atoms with Gasteiger partial charge in [0.1, 0.15) is 0 Å². The van der Waals surface area contributed by atoms with Gasteiger partial charge in [-0.25, -0.2) is 0 Å². The van der Waals surface area contributed by atoms with Gasteiger partial charge in [-0.3, -0.25) is 0 Å². The number of rotatable bonds is 0. The zero-order chi connectivity index (χ0) is 7.02. The Bertz CT molecular complexity index is 93.4. The topological polar surface area (TPSA) is 0 Å². The summed E-state index contributed by atoms with van der Waals surface area (Å²) in [5.74, 6) is 2.39. The van der Waals surface area contributed by atoms with Crippen LogP contribution in [-0.2, 0) is 21.1 Å². The van der Waals surface area contributed by atoms with E-state index in [1.54, 1.807) is 0 Å². The molecule has 0 N–H and O–H groups in total. The summed E-state index contributed by atoms with van der Waals surface area (Å²) in [5.41, 5.74) is 0. The van der Waals surface area contributed by atoms with E-state index in [4.69, 9.17) is 7.85 Å². The molecule has 10 heavy (non-hydrogen) atoms. The summed E-state index contributed by atoms with van der Waals surface area (Å²) < 4.78 is 0. The average Bonchev–Trinajstić information content (AvgIpc) is 1.98. The Labute approximate surface area is 79.8 Å². The molecule has 1 rings (SSSR count). The first-order valence-electron chi connectivity index (χ1n) is 3.71. The molecule has 4 atom stereocenters. The monoisotopic (exact) mass is 305 g/mol. The fourth-order valence-electron chi connectivity index (χ4n) is 1.60. The summed E-state index contributed by atoms with van der Waals surface area (Å²) >= 11 is 0. The van der Waals surface area contributed by atoms with Crippen LogP contribution in [-0.4, -0.2) is 7.85 Å². The molecule has 2 heteroatoms. The van der Waals surface area contributed by atoms with Gasteiger partial charge in [-0.15, -0.1) is 0 Å².